The van der Waals surface area contributed by atoms with Gasteiger partial charge in [0.05, 0.1) is 11.3 Å². The van der Waals surface area contributed by atoms with Crippen LogP contribution in [0, 0.1) is 0 Å². The van der Waals surface area contributed by atoms with Crippen molar-refractivity contribution in [2.45, 2.75) is 19.5 Å². The quantitative estimate of drug-likeness (QED) is 0.766. The third kappa shape index (κ3) is 1.70. The van der Waals surface area contributed by atoms with E-state index in [1.54, 1.807) is 6.92 Å². The van der Waals surface area contributed by atoms with Crippen LogP contribution in [0.4, 0.5) is 18.9 Å². The number of rotatable bonds is 1. The fraction of sp³-hybridized carbons (Fsp3) is 0.300. The van der Waals surface area contributed by atoms with E-state index in [-0.39, 0.29) is 16.8 Å². The van der Waals surface area contributed by atoms with E-state index in [9.17, 15) is 13.2 Å². The molecule has 0 saturated carbocycles. The number of hydrogen-bond acceptors (Lipinski definition) is 3. The normalized spacial score (nSPS) is 12.2. The zero-order valence-electron chi connectivity index (χ0n) is 8.43. The molecule has 2 rings (SSSR count). The molecule has 0 aliphatic heterocycles. The molecule has 16 heavy (non-hydrogen) atoms. The lowest BCUT2D eigenvalue weighted by Gasteiger charge is -2.06. The van der Waals surface area contributed by atoms with Crippen LogP contribution in [-0.2, 0) is 12.6 Å². The number of halogens is 3. The summed E-state index contributed by atoms with van der Waals surface area (Å²) in [6, 6.07) is 1.79. The monoisotopic (exact) mass is 230 g/mol. The number of fused-ring (bicyclic) bond motifs is 1. The summed E-state index contributed by atoms with van der Waals surface area (Å²) in [6.07, 6.45) is -3.91. The Kier molecular flexibility index (Phi) is 2.29. The summed E-state index contributed by atoms with van der Waals surface area (Å²) in [6.45, 7) is 1.80. The van der Waals surface area contributed by atoms with Crippen LogP contribution in [0.1, 0.15) is 18.4 Å². The van der Waals surface area contributed by atoms with Crippen molar-refractivity contribution in [3.63, 3.8) is 0 Å². The third-order valence-corrected chi connectivity index (χ3v) is 2.19. The molecule has 1 aromatic carbocycles. The Labute approximate surface area is 89.1 Å². The molecule has 1 aromatic heterocycles. The van der Waals surface area contributed by atoms with E-state index in [2.05, 4.69) is 4.98 Å². The third-order valence-electron chi connectivity index (χ3n) is 2.19. The first-order chi connectivity index (χ1) is 7.41. The van der Waals surface area contributed by atoms with Gasteiger partial charge >= 0.3 is 6.18 Å². The van der Waals surface area contributed by atoms with Gasteiger partial charge in [0.15, 0.2) is 11.5 Å². The molecule has 0 atom stereocenters. The summed E-state index contributed by atoms with van der Waals surface area (Å²) in [5, 5.41) is 0. The average Bonchev–Trinajstić information content (AvgIpc) is 2.59. The molecule has 0 aliphatic carbocycles. The molecule has 0 amide bonds. The molecular weight excluding hydrogens is 221 g/mol. The number of alkyl halides is 3. The fourth-order valence-corrected chi connectivity index (χ4v) is 1.42. The fourth-order valence-electron chi connectivity index (χ4n) is 1.42. The standard InChI is InChI=1S/C10H9F3N2O/c1-2-8-15-7-4-5(10(11,12)13)3-6(14)9(7)16-8/h3-4H,2,14H2,1H3. The maximum atomic E-state index is 12.5. The average molecular weight is 230 g/mol. The number of nitrogens with zero attached hydrogens (tertiary/aromatic N) is 1. The lowest BCUT2D eigenvalue weighted by molar-refractivity contribution is -0.137. The van der Waals surface area contributed by atoms with E-state index in [1.807, 2.05) is 0 Å². The van der Waals surface area contributed by atoms with Crippen molar-refractivity contribution in [3.8, 4) is 0 Å². The highest BCUT2D eigenvalue weighted by Gasteiger charge is 2.31. The Morgan fingerprint density at radius 1 is 1.38 bits per heavy atom. The molecule has 0 radical (unpaired) electrons. The summed E-state index contributed by atoms with van der Waals surface area (Å²) >= 11 is 0. The van der Waals surface area contributed by atoms with Gasteiger partial charge in [-0.05, 0) is 12.1 Å². The first-order valence-corrected chi connectivity index (χ1v) is 4.68. The lowest BCUT2D eigenvalue weighted by Crippen LogP contribution is -2.05. The minimum absolute atomic E-state index is 0.0444. The van der Waals surface area contributed by atoms with Gasteiger partial charge in [-0.3, -0.25) is 0 Å². The maximum absolute atomic E-state index is 12.5. The largest absolute Gasteiger partial charge is 0.439 e. The van der Waals surface area contributed by atoms with E-state index in [0.29, 0.717) is 12.3 Å². The zero-order valence-corrected chi connectivity index (χ0v) is 8.43. The minimum Gasteiger partial charge on any atom is -0.439 e. The molecule has 0 unspecified atom stereocenters. The molecule has 0 saturated heterocycles. The van der Waals surface area contributed by atoms with Gasteiger partial charge in [-0.1, -0.05) is 6.92 Å². The molecule has 0 bridgehead atoms. The number of aromatic nitrogens is 1. The van der Waals surface area contributed by atoms with Crippen molar-refractivity contribution in [2.75, 3.05) is 5.73 Å². The molecule has 2 N–H and O–H groups in total. The van der Waals surface area contributed by atoms with Crippen molar-refractivity contribution in [3.05, 3.63) is 23.6 Å². The smallest absolute Gasteiger partial charge is 0.416 e. The van der Waals surface area contributed by atoms with Crippen LogP contribution in [0.3, 0.4) is 0 Å². The van der Waals surface area contributed by atoms with Gasteiger partial charge in [-0.25, -0.2) is 4.98 Å². The second-order valence-electron chi connectivity index (χ2n) is 3.37. The molecule has 0 spiro atoms. The molecule has 0 fully saturated rings. The number of aryl methyl sites for hydroxylation is 1. The highest BCUT2D eigenvalue weighted by atomic mass is 19.4. The summed E-state index contributed by atoms with van der Waals surface area (Å²) in [5.41, 5.74) is 4.99. The van der Waals surface area contributed by atoms with E-state index < -0.39 is 11.7 Å². The number of benzene rings is 1. The molecule has 6 heteroatoms. The van der Waals surface area contributed by atoms with Gasteiger partial charge in [0.2, 0.25) is 0 Å². The lowest BCUT2D eigenvalue weighted by atomic mass is 10.1. The minimum atomic E-state index is -4.42. The van der Waals surface area contributed by atoms with Gasteiger partial charge < -0.3 is 10.2 Å². The van der Waals surface area contributed by atoms with Gasteiger partial charge in [0.25, 0.3) is 0 Å². The molecule has 0 aliphatic rings. The molecule has 86 valence electrons. The number of hydrogen-bond donors (Lipinski definition) is 1. The van der Waals surface area contributed by atoms with Crippen LogP contribution in [0.2, 0.25) is 0 Å². The van der Waals surface area contributed by atoms with Gasteiger partial charge in [-0.15, -0.1) is 0 Å². The van der Waals surface area contributed by atoms with Crippen molar-refractivity contribution < 1.29 is 17.6 Å². The first-order valence-electron chi connectivity index (χ1n) is 4.68. The van der Waals surface area contributed by atoms with Crippen LogP contribution in [0.25, 0.3) is 11.1 Å². The predicted molar refractivity (Wildman–Crippen MR) is 52.8 cm³/mol. The van der Waals surface area contributed by atoms with Crippen molar-refractivity contribution in [1.82, 2.24) is 4.98 Å². The SMILES string of the molecule is CCc1nc2cc(C(F)(F)F)cc(N)c2o1. The van der Waals surface area contributed by atoms with Crippen LogP contribution in [0.15, 0.2) is 16.5 Å². The molecule has 1 heterocycles. The molecule has 3 nitrogen and oxygen atoms in total. The van der Waals surface area contributed by atoms with Gasteiger partial charge in [0, 0.05) is 6.42 Å². The predicted octanol–water partition coefficient (Wildman–Crippen LogP) is 2.99. The number of nitrogen functional groups attached to an aromatic ring is 1. The second-order valence-corrected chi connectivity index (χ2v) is 3.37. The summed E-state index contributed by atoms with van der Waals surface area (Å²) in [7, 11) is 0. The van der Waals surface area contributed by atoms with Crippen molar-refractivity contribution in [2.24, 2.45) is 0 Å². The Morgan fingerprint density at radius 3 is 2.62 bits per heavy atom. The van der Waals surface area contributed by atoms with Crippen molar-refractivity contribution >= 4 is 16.8 Å². The topological polar surface area (TPSA) is 52.0 Å². The maximum Gasteiger partial charge on any atom is 0.416 e. The van der Waals surface area contributed by atoms with E-state index in [0.717, 1.165) is 12.1 Å². The van der Waals surface area contributed by atoms with Crippen LogP contribution in [0.5, 0.6) is 0 Å². The van der Waals surface area contributed by atoms with Gasteiger partial charge in [-0.2, -0.15) is 13.2 Å². The van der Waals surface area contributed by atoms with E-state index >= 15 is 0 Å². The number of anilines is 1. The highest BCUT2D eigenvalue weighted by molar-refractivity contribution is 5.85. The zero-order chi connectivity index (χ0) is 11.9. The van der Waals surface area contributed by atoms with Crippen LogP contribution < -0.4 is 5.73 Å². The summed E-state index contributed by atoms with van der Waals surface area (Å²) in [5.74, 6) is 0.376. The molecular formula is C10H9F3N2O. The summed E-state index contributed by atoms with van der Waals surface area (Å²) < 4.78 is 42.6. The van der Waals surface area contributed by atoms with Crippen LogP contribution in [-0.4, -0.2) is 4.98 Å². The number of nitrogens with two attached hydrogens (primary N) is 1. The van der Waals surface area contributed by atoms with Crippen molar-refractivity contribution in [1.29, 1.82) is 0 Å². The van der Waals surface area contributed by atoms with Gasteiger partial charge in [0.1, 0.15) is 5.52 Å². The molecule has 2 aromatic rings. The van der Waals surface area contributed by atoms with E-state index in [1.165, 1.54) is 0 Å². The Bertz CT molecular complexity index is 531. The Hall–Kier alpha value is -1.72. The Morgan fingerprint density at radius 2 is 2.06 bits per heavy atom. The van der Waals surface area contributed by atoms with E-state index in [4.69, 9.17) is 10.2 Å². The first kappa shape index (κ1) is 10.8. The second kappa shape index (κ2) is 3.40. The summed E-state index contributed by atoms with van der Waals surface area (Å²) in [4.78, 5) is 3.92. The van der Waals surface area contributed by atoms with Crippen LogP contribution >= 0.6 is 0 Å². The Balaban J connectivity index is 2.67. The number of oxazole rings is 1. The highest BCUT2D eigenvalue weighted by Crippen LogP contribution is 2.34.